The molecule has 3 heterocycles. The lowest BCUT2D eigenvalue weighted by Crippen LogP contribution is -2.65. The van der Waals surface area contributed by atoms with Gasteiger partial charge in [0.25, 0.3) is 0 Å². The summed E-state index contributed by atoms with van der Waals surface area (Å²) in [5, 5.41) is 0. The molecule has 0 aromatic heterocycles. The van der Waals surface area contributed by atoms with Crippen LogP contribution in [-0.4, -0.2) is 42.9 Å². The van der Waals surface area contributed by atoms with E-state index in [1.54, 1.807) is 0 Å². The highest BCUT2D eigenvalue weighted by molar-refractivity contribution is 8.93. The lowest BCUT2D eigenvalue weighted by Gasteiger charge is -2.52. The molecule has 3 fully saturated rings. The van der Waals surface area contributed by atoms with Crippen molar-refractivity contribution in [3.63, 3.8) is 0 Å². The average Bonchev–Trinajstić information content (AvgIpc) is 2.91. The van der Waals surface area contributed by atoms with Crippen LogP contribution < -0.4 is 4.90 Å². The first-order valence-corrected chi connectivity index (χ1v) is 13.4. The zero-order valence-electron chi connectivity index (χ0n) is 22.1. The Hall–Kier alpha value is -2.84. The van der Waals surface area contributed by atoms with Crippen LogP contribution in [0.15, 0.2) is 66.7 Å². The lowest BCUT2D eigenvalue weighted by atomic mass is 9.83. The molecule has 0 unspecified atom stereocenters. The number of benzene rings is 3. The van der Waals surface area contributed by atoms with Crippen molar-refractivity contribution in [1.82, 2.24) is 0 Å². The third kappa shape index (κ3) is 6.84. The van der Waals surface area contributed by atoms with Crippen LogP contribution in [0.2, 0.25) is 0 Å². The van der Waals surface area contributed by atoms with E-state index >= 15 is 0 Å². The standard InChI is InChI=1S/C31H34F3N2O2.BrH/c1-22-7-5-10-24(17-22)20-35(29-19-27(33)26(32)18-28(29)34)31(37)38-30-21-36(15-12-25(30)13-16-36)14-6-11-23-8-3-2-4-9-23;/h2-5,7-10,17-19,25,30H,6,11-16,20-21H2,1H3;1H/q+1;/t25?,30-,36?;/m0./s1. The number of rotatable bonds is 8. The number of hydrogen-bond acceptors (Lipinski definition) is 2. The predicted molar refractivity (Wildman–Crippen MR) is 151 cm³/mol. The smallest absolute Gasteiger partial charge is 0.415 e. The van der Waals surface area contributed by atoms with Crippen molar-refractivity contribution in [2.75, 3.05) is 31.1 Å². The number of aryl methyl sites for hydroxylation is 2. The number of carbonyl (C=O) groups excluding carboxylic acids is 1. The number of piperidine rings is 3. The van der Waals surface area contributed by atoms with Gasteiger partial charge < -0.3 is 9.22 Å². The van der Waals surface area contributed by atoms with Crippen LogP contribution in [0.25, 0.3) is 0 Å². The van der Waals surface area contributed by atoms with Gasteiger partial charge in [0.15, 0.2) is 17.7 Å². The first-order chi connectivity index (χ1) is 18.3. The van der Waals surface area contributed by atoms with Gasteiger partial charge in [-0.25, -0.2) is 18.0 Å². The normalized spacial score (nSPS) is 21.7. The van der Waals surface area contributed by atoms with Crippen LogP contribution in [0.5, 0.6) is 0 Å². The van der Waals surface area contributed by atoms with E-state index < -0.39 is 23.5 Å². The van der Waals surface area contributed by atoms with Gasteiger partial charge in [-0.05, 0) is 24.5 Å². The molecule has 3 aromatic carbocycles. The maximum absolute atomic E-state index is 14.8. The fourth-order valence-electron chi connectivity index (χ4n) is 6.09. The average molecular weight is 605 g/mol. The van der Waals surface area contributed by atoms with Gasteiger partial charge in [-0.3, -0.25) is 4.90 Å². The monoisotopic (exact) mass is 603 g/mol. The van der Waals surface area contributed by atoms with Gasteiger partial charge >= 0.3 is 6.09 Å². The minimum atomic E-state index is -1.30. The van der Waals surface area contributed by atoms with E-state index in [0.717, 1.165) is 78.4 Å². The van der Waals surface area contributed by atoms with E-state index in [9.17, 15) is 18.0 Å². The summed E-state index contributed by atoms with van der Waals surface area (Å²) in [5.74, 6) is -3.26. The van der Waals surface area contributed by atoms with Crippen molar-refractivity contribution < 1.29 is 27.2 Å². The van der Waals surface area contributed by atoms with Crippen molar-refractivity contribution in [3.8, 4) is 0 Å². The molecule has 4 nitrogen and oxygen atoms in total. The number of ether oxygens (including phenoxy) is 1. The van der Waals surface area contributed by atoms with Gasteiger partial charge in [0.2, 0.25) is 0 Å². The molecule has 3 aliphatic rings. The van der Waals surface area contributed by atoms with Crippen molar-refractivity contribution in [2.24, 2.45) is 5.92 Å². The number of amides is 1. The molecule has 1 atom stereocenters. The number of anilines is 1. The van der Waals surface area contributed by atoms with E-state index in [0.29, 0.717) is 6.07 Å². The van der Waals surface area contributed by atoms with Crippen LogP contribution in [0.3, 0.4) is 0 Å². The molecule has 0 radical (unpaired) electrons. The molecule has 0 N–H and O–H groups in total. The van der Waals surface area contributed by atoms with Gasteiger partial charge in [0.05, 0.1) is 31.9 Å². The van der Waals surface area contributed by atoms with E-state index in [1.165, 1.54) is 5.56 Å². The summed E-state index contributed by atoms with van der Waals surface area (Å²) < 4.78 is 49.6. The van der Waals surface area contributed by atoms with E-state index in [-0.39, 0.29) is 41.2 Å². The number of carbonyl (C=O) groups is 1. The summed E-state index contributed by atoms with van der Waals surface area (Å²) in [7, 11) is 0. The highest BCUT2D eigenvalue weighted by atomic mass is 79.9. The van der Waals surface area contributed by atoms with E-state index in [2.05, 4.69) is 24.3 Å². The van der Waals surface area contributed by atoms with Crippen molar-refractivity contribution in [1.29, 1.82) is 0 Å². The quantitative estimate of drug-likeness (QED) is 0.199. The molecule has 1 amide bonds. The highest BCUT2D eigenvalue weighted by Gasteiger charge is 2.47. The Labute approximate surface area is 238 Å². The molecular weight excluding hydrogens is 569 g/mol. The van der Waals surface area contributed by atoms with Crippen molar-refractivity contribution >= 4 is 28.8 Å². The molecule has 208 valence electrons. The molecule has 3 saturated heterocycles. The first kappa shape index (κ1) is 29.2. The molecular formula is C31H35BrF3N2O2+. The Morgan fingerprint density at radius 2 is 1.62 bits per heavy atom. The maximum Gasteiger partial charge on any atom is 0.415 e. The second kappa shape index (κ2) is 12.6. The van der Waals surface area contributed by atoms with Crippen molar-refractivity contribution in [3.05, 3.63) is 101 Å². The largest absolute Gasteiger partial charge is 0.440 e. The second-order valence-electron chi connectivity index (χ2n) is 10.8. The van der Waals surface area contributed by atoms with Crippen LogP contribution >= 0.6 is 17.0 Å². The molecule has 8 heteroatoms. The van der Waals surface area contributed by atoms with E-state index in [4.69, 9.17) is 4.74 Å². The minimum Gasteiger partial charge on any atom is -0.440 e. The summed E-state index contributed by atoms with van der Waals surface area (Å²) in [4.78, 5) is 14.6. The highest BCUT2D eigenvalue weighted by Crippen LogP contribution is 2.37. The Bertz CT molecular complexity index is 1280. The summed E-state index contributed by atoms with van der Waals surface area (Å²) in [6.07, 6.45) is 2.97. The SMILES string of the molecule is Br.Cc1cccc(CN(C(=O)O[C@H]2C[N+]3(CCCc4ccccc4)CCC2CC3)c2cc(F)c(F)cc2F)c1. The molecule has 0 spiro atoms. The molecule has 2 bridgehead atoms. The number of hydrogen-bond donors (Lipinski definition) is 0. The Kier molecular flexibility index (Phi) is 9.39. The number of halogens is 4. The number of nitrogens with zero attached hydrogens (tertiary/aromatic N) is 2. The van der Waals surface area contributed by atoms with Gasteiger partial charge in [0, 0.05) is 37.3 Å². The number of quaternary nitrogens is 1. The summed E-state index contributed by atoms with van der Waals surface area (Å²) >= 11 is 0. The van der Waals surface area contributed by atoms with Gasteiger partial charge in [-0.1, -0.05) is 60.2 Å². The van der Waals surface area contributed by atoms with E-state index in [1.807, 2.05) is 37.3 Å². The van der Waals surface area contributed by atoms with Gasteiger partial charge in [0.1, 0.15) is 12.4 Å². The number of fused-ring (bicyclic) bond motifs is 3. The fraction of sp³-hybridized carbons (Fsp3) is 0.387. The summed E-state index contributed by atoms with van der Waals surface area (Å²) in [5.41, 5.74) is 2.70. The van der Waals surface area contributed by atoms with Gasteiger partial charge in [-0.15, -0.1) is 17.0 Å². The third-order valence-corrected chi connectivity index (χ3v) is 8.16. The van der Waals surface area contributed by atoms with Crippen LogP contribution in [0, 0.1) is 30.3 Å². The maximum atomic E-state index is 14.8. The third-order valence-electron chi connectivity index (χ3n) is 8.16. The predicted octanol–water partition coefficient (Wildman–Crippen LogP) is 7.38. The van der Waals surface area contributed by atoms with Crippen LogP contribution in [-0.2, 0) is 17.7 Å². The zero-order chi connectivity index (χ0) is 26.7. The minimum absolute atomic E-state index is 0. The first-order valence-electron chi connectivity index (χ1n) is 13.4. The topological polar surface area (TPSA) is 29.5 Å². The zero-order valence-corrected chi connectivity index (χ0v) is 23.8. The van der Waals surface area contributed by atoms with Crippen LogP contribution in [0.1, 0.15) is 36.0 Å². The molecule has 0 saturated carbocycles. The Balaban J connectivity index is 0.00000353. The second-order valence-corrected chi connectivity index (χ2v) is 10.8. The van der Waals surface area contributed by atoms with Gasteiger partial charge in [-0.2, -0.15) is 0 Å². The molecule has 6 rings (SSSR count). The molecule has 0 aliphatic carbocycles. The molecule has 3 aromatic rings. The lowest BCUT2D eigenvalue weighted by molar-refractivity contribution is -0.946. The van der Waals surface area contributed by atoms with Crippen LogP contribution in [0.4, 0.5) is 23.7 Å². The Morgan fingerprint density at radius 1 is 0.923 bits per heavy atom. The molecule has 39 heavy (non-hydrogen) atoms. The Morgan fingerprint density at radius 3 is 2.33 bits per heavy atom. The van der Waals surface area contributed by atoms with Crippen molar-refractivity contribution in [2.45, 2.75) is 45.3 Å². The molecule has 3 aliphatic heterocycles. The fourth-order valence-corrected chi connectivity index (χ4v) is 6.09. The summed E-state index contributed by atoms with van der Waals surface area (Å²) in [6, 6.07) is 19.1. The summed E-state index contributed by atoms with van der Waals surface area (Å²) in [6.45, 7) is 5.77.